The minimum atomic E-state index is -3.72. The lowest BCUT2D eigenvalue weighted by Gasteiger charge is -2.22. The second kappa shape index (κ2) is 8.77. The Morgan fingerprint density at radius 3 is 2.16 bits per heavy atom. The fourth-order valence-electron chi connectivity index (χ4n) is 2.83. The summed E-state index contributed by atoms with van der Waals surface area (Å²) in [7, 11) is -7.07. The molecule has 1 amide bonds. The van der Waals surface area contributed by atoms with E-state index in [1.54, 1.807) is 19.1 Å². The Kier molecular flexibility index (Phi) is 6.48. The van der Waals surface area contributed by atoms with E-state index in [1.807, 2.05) is 40.0 Å². The van der Waals surface area contributed by atoms with Gasteiger partial charge in [0.1, 0.15) is 5.69 Å². The average Bonchev–Trinajstić information content (AvgIpc) is 3.06. The van der Waals surface area contributed by atoms with Crippen LogP contribution in [0.15, 0.2) is 59.5 Å². The number of thiazole rings is 1. The summed E-state index contributed by atoms with van der Waals surface area (Å²) in [5.74, 6) is -0.797. The van der Waals surface area contributed by atoms with E-state index in [0.29, 0.717) is 22.2 Å². The van der Waals surface area contributed by atoms with Crippen LogP contribution in [0, 0.1) is 6.92 Å². The van der Waals surface area contributed by atoms with Crippen LogP contribution in [0.1, 0.15) is 20.9 Å². The summed E-state index contributed by atoms with van der Waals surface area (Å²) in [5, 5.41) is 0.479. The molecule has 1 N–H and O–H groups in total. The topological polar surface area (TPSA) is 114 Å². The molecule has 0 saturated heterocycles. The first-order valence-electron chi connectivity index (χ1n) is 9.05. The van der Waals surface area contributed by atoms with Crippen LogP contribution in [0.5, 0.6) is 0 Å². The van der Waals surface area contributed by atoms with Gasteiger partial charge in [0.15, 0.2) is 15.0 Å². The van der Waals surface area contributed by atoms with Crippen LogP contribution < -0.4 is 9.62 Å². The van der Waals surface area contributed by atoms with E-state index < -0.39 is 25.8 Å². The van der Waals surface area contributed by atoms with Crippen LogP contribution in [0.2, 0.25) is 0 Å². The molecular weight excluding hydrogens is 458 g/mol. The third-order valence-electron chi connectivity index (χ3n) is 4.27. The molecule has 0 saturated carbocycles. The number of sulfonamides is 1. The lowest BCUT2D eigenvalue weighted by Crippen LogP contribution is -2.30. The van der Waals surface area contributed by atoms with E-state index in [1.165, 1.54) is 23.5 Å². The van der Waals surface area contributed by atoms with Gasteiger partial charge in [-0.1, -0.05) is 30.3 Å². The molecule has 0 aliphatic rings. The third kappa shape index (κ3) is 5.90. The van der Waals surface area contributed by atoms with Crippen LogP contribution >= 0.6 is 11.3 Å². The maximum absolute atomic E-state index is 12.3. The predicted molar refractivity (Wildman–Crippen MR) is 121 cm³/mol. The van der Waals surface area contributed by atoms with Gasteiger partial charge in [-0.2, -0.15) is 0 Å². The number of carbonyl (C=O) groups excluding carboxylic acids is 1. The summed E-state index contributed by atoms with van der Waals surface area (Å²) in [4.78, 5) is 19.3. The second-order valence-corrected chi connectivity index (χ2v) is 11.9. The van der Waals surface area contributed by atoms with Crippen molar-refractivity contribution in [2.75, 3.05) is 17.4 Å². The quantitative estimate of drug-likeness (QED) is 0.554. The standard InChI is InChI=1S/C20H21N3O5S3/c1-14-18(19(24)22-31(3,27)28)21-20(29-14)23(13-15-7-5-4-6-8-15)16-9-11-17(12-10-16)30(2,25)26/h4-12H,13H2,1-3H3,(H,22,24). The minimum Gasteiger partial charge on any atom is -0.313 e. The number of carbonyl (C=O) groups is 1. The summed E-state index contributed by atoms with van der Waals surface area (Å²) < 4.78 is 48.4. The molecule has 0 aliphatic carbocycles. The van der Waals surface area contributed by atoms with Gasteiger partial charge in [0.25, 0.3) is 5.91 Å². The minimum absolute atomic E-state index is 0.0243. The van der Waals surface area contributed by atoms with Crippen LogP contribution in [-0.4, -0.2) is 40.2 Å². The zero-order valence-electron chi connectivity index (χ0n) is 17.1. The average molecular weight is 480 g/mol. The lowest BCUT2D eigenvalue weighted by molar-refractivity contribution is 0.0977. The number of benzene rings is 2. The first-order chi connectivity index (χ1) is 14.4. The largest absolute Gasteiger partial charge is 0.313 e. The molecular formula is C20H21N3O5S3. The summed E-state index contributed by atoms with van der Waals surface area (Å²) >= 11 is 1.24. The molecule has 31 heavy (non-hydrogen) atoms. The molecule has 0 atom stereocenters. The molecule has 164 valence electrons. The van der Waals surface area contributed by atoms with Crippen LogP contribution in [0.3, 0.4) is 0 Å². The van der Waals surface area contributed by atoms with Gasteiger partial charge in [-0.15, -0.1) is 11.3 Å². The first kappa shape index (κ1) is 22.9. The Bertz CT molecular complexity index is 1300. The maximum Gasteiger partial charge on any atom is 0.284 e. The van der Waals surface area contributed by atoms with E-state index in [0.717, 1.165) is 18.1 Å². The number of hydrogen-bond acceptors (Lipinski definition) is 8. The van der Waals surface area contributed by atoms with Crippen molar-refractivity contribution in [1.29, 1.82) is 0 Å². The third-order valence-corrected chi connectivity index (χ3v) is 6.95. The summed E-state index contributed by atoms with van der Waals surface area (Å²) in [6.07, 6.45) is 2.04. The lowest BCUT2D eigenvalue weighted by atomic mass is 10.2. The van der Waals surface area contributed by atoms with E-state index in [9.17, 15) is 21.6 Å². The number of sulfone groups is 1. The molecule has 0 fully saturated rings. The molecule has 2 aromatic carbocycles. The Balaban J connectivity index is 2.03. The monoisotopic (exact) mass is 479 g/mol. The smallest absolute Gasteiger partial charge is 0.284 e. The second-order valence-electron chi connectivity index (χ2n) is 6.94. The fourth-order valence-corrected chi connectivity index (χ4v) is 4.82. The van der Waals surface area contributed by atoms with Crippen molar-refractivity contribution in [3.05, 3.63) is 70.7 Å². The van der Waals surface area contributed by atoms with Gasteiger partial charge in [0.05, 0.1) is 17.7 Å². The Hall–Kier alpha value is -2.76. The Morgan fingerprint density at radius 1 is 1.00 bits per heavy atom. The SMILES string of the molecule is Cc1sc(N(Cc2ccccc2)c2ccc(S(C)(=O)=O)cc2)nc1C(=O)NS(C)(=O)=O. The van der Waals surface area contributed by atoms with Gasteiger partial charge in [0, 0.05) is 16.8 Å². The highest BCUT2D eigenvalue weighted by molar-refractivity contribution is 7.90. The van der Waals surface area contributed by atoms with Crippen molar-refractivity contribution in [2.24, 2.45) is 0 Å². The van der Waals surface area contributed by atoms with E-state index in [-0.39, 0.29) is 10.6 Å². The maximum atomic E-state index is 12.3. The van der Waals surface area contributed by atoms with Crippen LogP contribution in [0.4, 0.5) is 10.8 Å². The predicted octanol–water partition coefficient (Wildman–Crippen LogP) is 2.88. The fraction of sp³-hybridized carbons (Fsp3) is 0.200. The number of hydrogen-bond donors (Lipinski definition) is 1. The molecule has 0 aliphatic heterocycles. The molecule has 0 bridgehead atoms. The number of aromatic nitrogens is 1. The number of aryl methyl sites for hydroxylation is 1. The number of nitrogens with zero attached hydrogens (tertiary/aromatic N) is 2. The molecule has 1 heterocycles. The van der Waals surface area contributed by atoms with E-state index in [4.69, 9.17) is 0 Å². The van der Waals surface area contributed by atoms with Gasteiger partial charge in [-0.3, -0.25) is 4.79 Å². The van der Waals surface area contributed by atoms with Crippen molar-refractivity contribution in [1.82, 2.24) is 9.71 Å². The van der Waals surface area contributed by atoms with Crippen molar-refractivity contribution in [3.8, 4) is 0 Å². The molecule has 1 aromatic heterocycles. The van der Waals surface area contributed by atoms with Crippen molar-refractivity contribution < 1.29 is 21.6 Å². The van der Waals surface area contributed by atoms with E-state index in [2.05, 4.69) is 4.98 Å². The van der Waals surface area contributed by atoms with Gasteiger partial charge >= 0.3 is 0 Å². The molecule has 0 unspecified atom stereocenters. The highest BCUT2D eigenvalue weighted by Gasteiger charge is 2.22. The summed E-state index contributed by atoms with van der Waals surface area (Å²) in [6, 6.07) is 16.0. The van der Waals surface area contributed by atoms with E-state index >= 15 is 0 Å². The number of nitrogens with one attached hydrogen (secondary N) is 1. The molecule has 0 spiro atoms. The van der Waals surface area contributed by atoms with Crippen molar-refractivity contribution in [2.45, 2.75) is 18.4 Å². The van der Waals surface area contributed by atoms with Gasteiger partial charge in [-0.25, -0.2) is 26.5 Å². The Labute approximate surface area is 185 Å². The Morgan fingerprint density at radius 2 is 1.61 bits per heavy atom. The zero-order valence-corrected chi connectivity index (χ0v) is 19.5. The molecule has 11 heteroatoms. The summed E-state index contributed by atoms with van der Waals surface area (Å²) in [5.41, 5.74) is 1.68. The van der Waals surface area contributed by atoms with Crippen molar-refractivity contribution in [3.63, 3.8) is 0 Å². The first-order valence-corrected chi connectivity index (χ1v) is 13.6. The molecule has 3 rings (SSSR count). The van der Waals surface area contributed by atoms with Gasteiger partial charge in [0.2, 0.25) is 10.0 Å². The van der Waals surface area contributed by atoms with Crippen molar-refractivity contribution >= 4 is 47.9 Å². The number of anilines is 2. The normalized spacial score (nSPS) is 11.8. The number of rotatable bonds is 7. The highest BCUT2D eigenvalue weighted by Crippen LogP contribution is 2.33. The molecule has 8 nitrogen and oxygen atoms in total. The van der Waals surface area contributed by atoms with Crippen LogP contribution in [0.25, 0.3) is 0 Å². The van der Waals surface area contributed by atoms with Crippen LogP contribution in [-0.2, 0) is 26.4 Å². The highest BCUT2D eigenvalue weighted by atomic mass is 32.2. The number of amides is 1. The zero-order chi connectivity index (χ0) is 22.8. The van der Waals surface area contributed by atoms with Gasteiger partial charge < -0.3 is 4.90 Å². The molecule has 0 radical (unpaired) electrons. The van der Waals surface area contributed by atoms with Gasteiger partial charge in [-0.05, 0) is 36.8 Å². The summed E-state index contributed by atoms with van der Waals surface area (Å²) in [6.45, 7) is 2.10. The molecule has 3 aromatic rings.